The van der Waals surface area contributed by atoms with Crippen molar-refractivity contribution in [3.8, 4) is 0 Å². The highest BCUT2D eigenvalue weighted by Crippen LogP contribution is 2.24. The summed E-state index contributed by atoms with van der Waals surface area (Å²) in [7, 11) is 3.33. The van der Waals surface area contributed by atoms with Crippen LogP contribution in [-0.2, 0) is 32.2 Å². The fourth-order valence-corrected chi connectivity index (χ4v) is 4.42. The van der Waals surface area contributed by atoms with E-state index in [-0.39, 0.29) is 17.2 Å². The van der Waals surface area contributed by atoms with Gasteiger partial charge in [0.1, 0.15) is 49.8 Å². The zero-order chi connectivity index (χ0) is 21.8. The van der Waals surface area contributed by atoms with Gasteiger partial charge in [0.15, 0.2) is 0 Å². The summed E-state index contributed by atoms with van der Waals surface area (Å²) in [5.41, 5.74) is 3.64. The molecular formula is C17H26B4O7S. The summed E-state index contributed by atoms with van der Waals surface area (Å²) in [4.78, 5) is 25.9. The third-order valence-corrected chi connectivity index (χ3v) is 6.23. The van der Waals surface area contributed by atoms with Crippen molar-refractivity contribution in [2.24, 2.45) is 0 Å². The molecule has 12 heteroatoms. The molecule has 0 aromatic heterocycles. The second-order valence-electron chi connectivity index (χ2n) is 7.40. The third-order valence-electron chi connectivity index (χ3n) is 5.55. The fourth-order valence-electron chi connectivity index (χ4n) is 4.12. The number of carbonyl (C=O) groups is 2. The minimum Gasteiger partial charge on any atom is -0.461 e. The van der Waals surface area contributed by atoms with Gasteiger partial charge in [-0.25, -0.2) is 9.59 Å². The fraction of sp³-hybridized carbons (Fsp3) is 0.529. The normalized spacial score (nSPS) is 14.7. The number of hydrogen-bond donors (Lipinski definition) is 1. The SMILES string of the molecule is BCc1c(B)c(CB)c(C(=O)OCCS(=O)(=O)O)c(C(=O)OC2CCCC2)c1B. The molecular weight excluding hydrogens is 391 g/mol. The molecule has 0 heterocycles. The average molecular weight is 418 g/mol. The van der Waals surface area contributed by atoms with Gasteiger partial charge in [0.2, 0.25) is 0 Å². The lowest BCUT2D eigenvalue weighted by molar-refractivity contribution is 0.0308. The number of ether oxygens (including phenoxy) is 2. The highest BCUT2D eigenvalue weighted by atomic mass is 32.2. The van der Waals surface area contributed by atoms with E-state index in [0.717, 1.165) is 36.7 Å². The molecule has 0 aliphatic heterocycles. The third kappa shape index (κ3) is 5.69. The van der Waals surface area contributed by atoms with Crippen LogP contribution in [0.2, 0.25) is 0 Å². The van der Waals surface area contributed by atoms with Crippen LogP contribution < -0.4 is 10.9 Å². The van der Waals surface area contributed by atoms with E-state index >= 15 is 0 Å². The van der Waals surface area contributed by atoms with E-state index in [0.29, 0.717) is 23.7 Å². The molecule has 0 saturated heterocycles. The first-order valence-corrected chi connectivity index (χ1v) is 11.7. The largest absolute Gasteiger partial charge is 0.461 e. The van der Waals surface area contributed by atoms with Crippen LogP contribution in [0.3, 0.4) is 0 Å². The Bertz CT molecular complexity index is 896. The summed E-state index contributed by atoms with van der Waals surface area (Å²) in [5.74, 6) is -2.02. The van der Waals surface area contributed by atoms with Gasteiger partial charge in [0.05, 0.1) is 11.1 Å². The standard InChI is InChI=1S/C17H26B4O7S/c18-7-10-12(16(22)27-5-6-29(24,25)26)13(15(21)11(8-19)14(10)20)17(23)28-9-3-1-2-4-9/h9H,1-8,18-21H2,(H,24,25,26). The molecule has 0 unspecified atom stereocenters. The average Bonchev–Trinajstić information content (AvgIpc) is 3.13. The van der Waals surface area contributed by atoms with Crippen LogP contribution in [0.15, 0.2) is 0 Å². The Morgan fingerprint density at radius 3 is 2.07 bits per heavy atom. The molecule has 7 nitrogen and oxygen atoms in total. The van der Waals surface area contributed by atoms with E-state index in [4.69, 9.17) is 14.0 Å². The van der Waals surface area contributed by atoms with Crippen LogP contribution in [0.25, 0.3) is 0 Å². The highest BCUT2D eigenvalue weighted by molar-refractivity contribution is 7.85. The molecule has 2 rings (SSSR count). The summed E-state index contributed by atoms with van der Waals surface area (Å²) in [6, 6.07) is 0. The molecule has 1 aliphatic carbocycles. The zero-order valence-electron chi connectivity index (χ0n) is 17.5. The van der Waals surface area contributed by atoms with Crippen LogP contribution in [0, 0.1) is 0 Å². The maximum absolute atomic E-state index is 13.1. The zero-order valence-corrected chi connectivity index (χ0v) is 18.4. The van der Waals surface area contributed by atoms with Crippen molar-refractivity contribution < 1.29 is 32.0 Å². The summed E-state index contributed by atoms with van der Waals surface area (Å²) in [6.07, 6.45) is 4.70. The molecule has 0 atom stereocenters. The van der Waals surface area contributed by atoms with Crippen molar-refractivity contribution in [3.05, 3.63) is 22.3 Å². The molecule has 1 aliphatic rings. The monoisotopic (exact) mass is 418 g/mol. The Balaban J connectivity index is 2.50. The Morgan fingerprint density at radius 2 is 1.55 bits per heavy atom. The van der Waals surface area contributed by atoms with Crippen LogP contribution in [-0.4, -0.2) is 74.8 Å². The van der Waals surface area contributed by atoms with E-state index in [2.05, 4.69) is 0 Å². The van der Waals surface area contributed by atoms with Crippen molar-refractivity contribution in [1.29, 1.82) is 0 Å². The smallest absolute Gasteiger partial charge is 0.339 e. The van der Waals surface area contributed by atoms with Gasteiger partial charge in [-0.15, -0.1) is 0 Å². The summed E-state index contributed by atoms with van der Waals surface area (Å²) >= 11 is 0. The summed E-state index contributed by atoms with van der Waals surface area (Å²) in [6.45, 7) is -0.494. The first-order valence-electron chi connectivity index (χ1n) is 10.1. The maximum Gasteiger partial charge on any atom is 0.339 e. The van der Waals surface area contributed by atoms with Crippen molar-refractivity contribution in [3.63, 3.8) is 0 Å². The first-order chi connectivity index (χ1) is 13.6. The van der Waals surface area contributed by atoms with Gasteiger partial charge in [-0.3, -0.25) is 4.55 Å². The molecule has 154 valence electrons. The minimum absolute atomic E-state index is 0.137. The molecule has 1 N–H and O–H groups in total. The molecule has 0 spiro atoms. The topological polar surface area (TPSA) is 107 Å². The van der Waals surface area contributed by atoms with Gasteiger partial charge in [-0.1, -0.05) is 29.1 Å². The molecule has 1 aromatic carbocycles. The Hall–Kier alpha value is -1.67. The van der Waals surface area contributed by atoms with Gasteiger partial charge >= 0.3 is 11.9 Å². The highest BCUT2D eigenvalue weighted by Gasteiger charge is 2.30. The quantitative estimate of drug-likeness (QED) is 0.267. The maximum atomic E-state index is 13.1. The van der Waals surface area contributed by atoms with Crippen molar-refractivity contribution >= 4 is 64.4 Å². The van der Waals surface area contributed by atoms with Crippen molar-refractivity contribution in [1.82, 2.24) is 0 Å². The van der Waals surface area contributed by atoms with Crippen molar-refractivity contribution in [2.75, 3.05) is 12.4 Å². The molecule has 0 radical (unpaired) electrons. The number of hydrogen-bond acceptors (Lipinski definition) is 6. The number of carbonyl (C=O) groups excluding carboxylic acids is 2. The Labute approximate surface area is 175 Å². The van der Waals surface area contributed by atoms with Gasteiger partial charge in [-0.05, 0) is 31.2 Å². The van der Waals surface area contributed by atoms with Crippen LogP contribution >= 0.6 is 0 Å². The van der Waals surface area contributed by atoms with Crippen LogP contribution in [0.1, 0.15) is 57.5 Å². The Kier molecular flexibility index (Phi) is 8.05. The van der Waals surface area contributed by atoms with Gasteiger partial charge in [0.25, 0.3) is 10.1 Å². The van der Waals surface area contributed by atoms with E-state index in [1.165, 1.54) is 0 Å². The van der Waals surface area contributed by atoms with Gasteiger partial charge < -0.3 is 9.47 Å². The molecule has 1 aromatic rings. The predicted octanol–water partition coefficient (Wildman–Crippen LogP) is -3.39. The van der Waals surface area contributed by atoms with Crippen molar-refractivity contribution in [2.45, 2.75) is 44.4 Å². The van der Waals surface area contributed by atoms with Gasteiger partial charge in [0, 0.05) is 0 Å². The lowest BCUT2D eigenvalue weighted by atomic mass is 9.68. The summed E-state index contributed by atoms with van der Waals surface area (Å²) in [5, 5.41) is 0. The Morgan fingerprint density at radius 1 is 0.966 bits per heavy atom. The number of esters is 2. The minimum atomic E-state index is -4.26. The number of benzene rings is 1. The lowest BCUT2D eigenvalue weighted by Gasteiger charge is -2.23. The van der Waals surface area contributed by atoms with Gasteiger partial charge in [-0.2, -0.15) is 8.42 Å². The predicted molar refractivity (Wildman–Crippen MR) is 122 cm³/mol. The molecule has 0 amide bonds. The molecule has 29 heavy (non-hydrogen) atoms. The lowest BCUT2D eigenvalue weighted by Crippen LogP contribution is -2.37. The van der Waals surface area contributed by atoms with E-state index in [1.807, 2.05) is 23.5 Å². The second-order valence-corrected chi connectivity index (χ2v) is 8.97. The second kappa shape index (κ2) is 9.89. The van der Waals surface area contributed by atoms with Crippen LogP contribution in [0.5, 0.6) is 0 Å². The molecule has 1 saturated carbocycles. The van der Waals surface area contributed by atoms with E-state index < -0.39 is 34.4 Å². The summed E-state index contributed by atoms with van der Waals surface area (Å²) < 4.78 is 41.5. The van der Waals surface area contributed by atoms with Crippen LogP contribution in [0.4, 0.5) is 0 Å². The number of rotatable bonds is 8. The van der Waals surface area contributed by atoms with E-state index in [9.17, 15) is 18.0 Å². The molecule has 0 bridgehead atoms. The first kappa shape index (κ1) is 23.6. The molecule has 1 fully saturated rings. The van der Waals surface area contributed by atoms with E-state index in [1.54, 1.807) is 7.85 Å².